The van der Waals surface area contributed by atoms with Crippen molar-refractivity contribution in [2.75, 3.05) is 0 Å². The Bertz CT molecular complexity index is 352. The molecule has 12 heavy (non-hydrogen) atoms. The first-order chi connectivity index (χ1) is 4.91. The van der Waals surface area contributed by atoms with E-state index in [0.29, 0.717) is 8.26 Å². The number of halogens is 2. The van der Waals surface area contributed by atoms with Crippen LogP contribution >= 0.6 is 43.2 Å². The first-order valence-corrected chi connectivity index (χ1v) is 6.18. The summed E-state index contributed by atoms with van der Waals surface area (Å²) in [5, 5.41) is 0. The van der Waals surface area contributed by atoms with Gasteiger partial charge in [0.15, 0.2) is 0 Å². The molecule has 1 N–H and O–H groups in total. The molecule has 1 heterocycles. The van der Waals surface area contributed by atoms with Gasteiger partial charge in [0.05, 0.1) is 3.79 Å². The van der Waals surface area contributed by atoms with Gasteiger partial charge in [-0.3, -0.25) is 4.55 Å². The van der Waals surface area contributed by atoms with Crippen molar-refractivity contribution in [3.63, 3.8) is 0 Å². The fourth-order valence-corrected chi connectivity index (χ4v) is 3.64. The SMILES string of the molecule is O=S(=O)(O)c1cc(Br)c(Br)s1.[CaH2]. The second kappa shape index (κ2) is 5.06. The van der Waals surface area contributed by atoms with Crippen LogP contribution in [-0.4, -0.2) is 50.7 Å². The summed E-state index contributed by atoms with van der Waals surface area (Å²) in [7, 11) is -4.05. The molecule has 66 valence electrons. The standard InChI is InChI=1S/C4H2Br2O3S2.Ca.2H/c5-2-1-3(10-4(2)6)11(7,8)9;;;/h1H,(H,7,8,9);;;. The van der Waals surface area contributed by atoms with Crippen LogP contribution in [0.25, 0.3) is 0 Å². The Balaban J connectivity index is 0.00000121. The van der Waals surface area contributed by atoms with Crippen LogP contribution in [-0.2, 0) is 10.1 Å². The van der Waals surface area contributed by atoms with E-state index in [9.17, 15) is 8.42 Å². The molecule has 0 aliphatic carbocycles. The van der Waals surface area contributed by atoms with Crippen molar-refractivity contribution in [1.29, 1.82) is 0 Å². The molecule has 1 aromatic heterocycles. The van der Waals surface area contributed by atoms with Crippen molar-refractivity contribution >= 4 is 91.1 Å². The third kappa shape index (κ3) is 3.53. The van der Waals surface area contributed by atoms with Crippen LogP contribution in [0.15, 0.2) is 18.5 Å². The van der Waals surface area contributed by atoms with Crippen LogP contribution < -0.4 is 0 Å². The Morgan fingerprint density at radius 1 is 1.42 bits per heavy atom. The topological polar surface area (TPSA) is 54.4 Å². The molecule has 0 radical (unpaired) electrons. The molecule has 0 atom stereocenters. The van der Waals surface area contributed by atoms with Crippen LogP contribution in [0.4, 0.5) is 0 Å². The Morgan fingerprint density at radius 2 is 1.92 bits per heavy atom. The predicted octanol–water partition coefficient (Wildman–Crippen LogP) is 1.60. The van der Waals surface area contributed by atoms with Gasteiger partial charge in [-0.1, -0.05) is 0 Å². The molecule has 0 unspecified atom stereocenters. The fourth-order valence-electron chi connectivity index (χ4n) is 0.454. The van der Waals surface area contributed by atoms with E-state index in [2.05, 4.69) is 31.9 Å². The molecule has 0 saturated heterocycles. The summed E-state index contributed by atoms with van der Waals surface area (Å²) in [5.41, 5.74) is 0. The van der Waals surface area contributed by atoms with Crippen molar-refractivity contribution in [2.24, 2.45) is 0 Å². The average Bonchev–Trinajstić information content (AvgIpc) is 2.11. The molecule has 8 heteroatoms. The molecular weight excluding hydrogens is 360 g/mol. The molecular formula is C4H4Br2CaO3S2. The quantitative estimate of drug-likeness (QED) is 0.609. The van der Waals surface area contributed by atoms with Crippen LogP contribution in [0.2, 0.25) is 0 Å². The number of rotatable bonds is 1. The molecule has 1 rings (SSSR count). The summed E-state index contributed by atoms with van der Waals surface area (Å²) in [4.78, 5) is 0. The van der Waals surface area contributed by atoms with Gasteiger partial charge in [0.2, 0.25) is 0 Å². The van der Waals surface area contributed by atoms with Gasteiger partial charge >= 0.3 is 47.9 Å². The minimum absolute atomic E-state index is 0. The van der Waals surface area contributed by atoms with Crippen LogP contribution in [0.3, 0.4) is 0 Å². The molecule has 0 bridgehead atoms. The number of hydrogen-bond acceptors (Lipinski definition) is 3. The summed E-state index contributed by atoms with van der Waals surface area (Å²) in [5.74, 6) is 0. The van der Waals surface area contributed by atoms with Gasteiger partial charge < -0.3 is 0 Å². The first-order valence-electron chi connectivity index (χ1n) is 2.33. The fraction of sp³-hybridized carbons (Fsp3) is 0. The van der Waals surface area contributed by atoms with Crippen molar-refractivity contribution < 1.29 is 13.0 Å². The normalized spacial score (nSPS) is 10.9. The van der Waals surface area contributed by atoms with Gasteiger partial charge in [0.1, 0.15) is 4.21 Å². The van der Waals surface area contributed by atoms with E-state index in [-0.39, 0.29) is 41.9 Å². The van der Waals surface area contributed by atoms with Crippen molar-refractivity contribution in [1.82, 2.24) is 0 Å². The first kappa shape index (κ1) is 13.8. The summed E-state index contributed by atoms with van der Waals surface area (Å²) in [6.07, 6.45) is 0. The summed E-state index contributed by atoms with van der Waals surface area (Å²) in [6.45, 7) is 0. The zero-order chi connectivity index (χ0) is 8.65. The molecule has 0 fully saturated rings. The Morgan fingerprint density at radius 3 is 2.08 bits per heavy atom. The monoisotopic (exact) mass is 362 g/mol. The maximum atomic E-state index is 10.5. The Hall–Kier alpha value is 1.83. The van der Waals surface area contributed by atoms with Crippen LogP contribution in [0, 0.1) is 0 Å². The second-order valence-corrected chi connectivity index (χ2v) is 6.53. The van der Waals surface area contributed by atoms with E-state index in [1.54, 1.807) is 0 Å². The third-order valence-corrected chi connectivity index (χ3v) is 5.44. The van der Waals surface area contributed by atoms with Crippen LogP contribution in [0.5, 0.6) is 0 Å². The minimum atomic E-state index is -4.05. The van der Waals surface area contributed by atoms with Gasteiger partial charge in [-0.15, -0.1) is 11.3 Å². The van der Waals surface area contributed by atoms with E-state index < -0.39 is 10.1 Å². The molecule has 1 aromatic rings. The number of hydrogen-bond donors (Lipinski definition) is 1. The average molecular weight is 364 g/mol. The zero-order valence-electron chi connectivity index (χ0n) is 4.91. The van der Waals surface area contributed by atoms with E-state index in [0.717, 1.165) is 11.3 Å². The summed E-state index contributed by atoms with van der Waals surface area (Å²) >= 11 is 7.15. The molecule has 3 nitrogen and oxygen atoms in total. The van der Waals surface area contributed by atoms with Gasteiger partial charge in [-0.2, -0.15) is 8.42 Å². The zero-order valence-corrected chi connectivity index (χ0v) is 9.72. The third-order valence-electron chi connectivity index (χ3n) is 0.877. The van der Waals surface area contributed by atoms with Gasteiger partial charge in [0, 0.05) is 4.47 Å². The number of thiophene rings is 1. The van der Waals surface area contributed by atoms with Crippen LogP contribution in [0.1, 0.15) is 0 Å². The Kier molecular flexibility index (Phi) is 5.84. The van der Waals surface area contributed by atoms with Gasteiger partial charge in [0.25, 0.3) is 0 Å². The molecule has 0 aliphatic heterocycles. The van der Waals surface area contributed by atoms with Crippen molar-refractivity contribution in [3.8, 4) is 0 Å². The maximum absolute atomic E-state index is 10.5. The van der Waals surface area contributed by atoms with E-state index in [4.69, 9.17) is 4.55 Å². The molecule has 0 aliphatic rings. The van der Waals surface area contributed by atoms with Crippen molar-refractivity contribution in [2.45, 2.75) is 4.21 Å². The van der Waals surface area contributed by atoms with E-state index >= 15 is 0 Å². The Labute approximate surface area is 121 Å². The molecule has 0 spiro atoms. The van der Waals surface area contributed by atoms with Gasteiger partial charge in [-0.05, 0) is 37.9 Å². The molecule has 0 aromatic carbocycles. The molecule has 0 saturated carbocycles. The van der Waals surface area contributed by atoms with E-state index in [1.807, 2.05) is 0 Å². The molecule has 0 amide bonds. The summed E-state index contributed by atoms with van der Waals surface area (Å²) < 4.78 is 30.8. The van der Waals surface area contributed by atoms with Gasteiger partial charge in [-0.25, -0.2) is 0 Å². The second-order valence-electron chi connectivity index (χ2n) is 1.66. The van der Waals surface area contributed by atoms with E-state index in [1.165, 1.54) is 6.07 Å². The summed E-state index contributed by atoms with van der Waals surface area (Å²) in [6, 6.07) is 1.34. The van der Waals surface area contributed by atoms with Crippen molar-refractivity contribution in [3.05, 3.63) is 14.3 Å². The predicted molar refractivity (Wildman–Crippen MR) is 58.1 cm³/mol.